The lowest BCUT2D eigenvalue weighted by Gasteiger charge is -2.21. The van der Waals surface area contributed by atoms with Gasteiger partial charge in [-0.15, -0.1) is 0 Å². The van der Waals surface area contributed by atoms with Crippen LogP contribution in [-0.2, 0) is 14.3 Å². The fraction of sp³-hybridized carbons (Fsp3) is 0.216. The molecular formula is C37H39ClN10O4S2. The zero-order valence-electron chi connectivity index (χ0n) is 29.6. The van der Waals surface area contributed by atoms with Crippen LogP contribution in [0.4, 0.5) is 16.2 Å². The highest BCUT2D eigenvalue weighted by atomic mass is 35.5. The van der Waals surface area contributed by atoms with Gasteiger partial charge < -0.3 is 26.4 Å². The quantitative estimate of drug-likeness (QED) is 0.0671. The number of rotatable bonds is 10. The number of pyridine rings is 2. The lowest BCUT2D eigenvalue weighted by atomic mass is 10.0. The number of amides is 3. The van der Waals surface area contributed by atoms with Crippen molar-refractivity contribution in [3.63, 3.8) is 0 Å². The molecule has 0 fully saturated rings. The number of nitrogens with one attached hydrogen (secondary N) is 4. The van der Waals surface area contributed by atoms with Gasteiger partial charge in [-0.2, -0.15) is 28.2 Å². The van der Waals surface area contributed by atoms with Crippen molar-refractivity contribution < 1.29 is 19.1 Å². The Labute approximate surface area is 324 Å². The van der Waals surface area contributed by atoms with Crippen molar-refractivity contribution in [2.24, 2.45) is 20.8 Å². The summed E-state index contributed by atoms with van der Waals surface area (Å²) >= 11 is 7.62. The van der Waals surface area contributed by atoms with Crippen molar-refractivity contribution in [2.45, 2.75) is 38.2 Å². The summed E-state index contributed by atoms with van der Waals surface area (Å²) in [5.74, 6) is -1.11. The van der Waals surface area contributed by atoms with Gasteiger partial charge in [0, 0.05) is 60.0 Å². The van der Waals surface area contributed by atoms with Gasteiger partial charge in [0.1, 0.15) is 5.60 Å². The molecule has 0 spiro atoms. The second kappa shape index (κ2) is 20.5. The van der Waals surface area contributed by atoms with Gasteiger partial charge in [-0.25, -0.2) is 4.79 Å². The molecule has 2 atom stereocenters. The zero-order chi connectivity index (χ0) is 38.9. The Morgan fingerprint density at radius 1 is 0.815 bits per heavy atom. The van der Waals surface area contributed by atoms with Crippen molar-refractivity contribution in [3.8, 4) is 0 Å². The van der Waals surface area contributed by atoms with Crippen LogP contribution in [-0.4, -0.2) is 46.6 Å². The highest BCUT2D eigenvalue weighted by Gasteiger charge is 2.24. The maximum absolute atomic E-state index is 12.9. The van der Waals surface area contributed by atoms with Crippen LogP contribution in [0.1, 0.15) is 43.7 Å². The topological polar surface area (TPSA) is 209 Å². The molecule has 3 amide bonds. The first-order valence-corrected chi connectivity index (χ1v) is 18.6. The third kappa shape index (κ3) is 12.8. The highest BCUT2D eigenvalue weighted by Crippen LogP contribution is 2.24. The number of nitrogens with zero attached hydrogens (tertiary/aromatic N) is 5. The van der Waals surface area contributed by atoms with Crippen molar-refractivity contribution >= 4 is 85.3 Å². The number of nitrogens with two attached hydrogens (primary N) is 1. The van der Waals surface area contributed by atoms with Crippen LogP contribution < -0.4 is 21.7 Å². The Morgan fingerprint density at radius 2 is 1.33 bits per heavy atom. The molecule has 280 valence electrons. The van der Waals surface area contributed by atoms with Crippen LogP contribution in [0.3, 0.4) is 0 Å². The van der Waals surface area contributed by atoms with E-state index in [0.29, 0.717) is 12.2 Å². The molecule has 6 aromatic rings. The number of hydrogen-bond acceptors (Lipinski definition) is 11. The molecule has 14 nitrogen and oxygen atoms in total. The molecule has 6 N–H and O–H groups in total. The van der Waals surface area contributed by atoms with Crippen molar-refractivity contribution in [1.82, 2.24) is 15.3 Å². The standard InChI is InChI=1S/C21H23N3O3S.C16H15N3OS.ClHN4/c1-21(2,3)27-20(26)23-12-18(16-7-9-28-13-16)19(25)24-17-5-4-15-11-22-8-6-14(15)10-17;17-8-15(13-4-6-21-10-13)16(20)19-14-2-1-12-9-18-5-3-11(12)7-14;1-3-5-4-2/h4-11,13,18H,12H2,1-3H3,(H,23,26)(H,24,25);1-7,9-10,15H,8,17H2,(H,19,20);2H. The maximum Gasteiger partial charge on any atom is 0.407 e. The van der Waals surface area contributed by atoms with E-state index in [0.717, 1.165) is 38.4 Å². The van der Waals surface area contributed by atoms with Gasteiger partial charge >= 0.3 is 6.09 Å². The Kier molecular flexibility index (Phi) is 15.6. The van der Waals surface area contributed by atoms with Crippen LogP contribution in [0.5, 0.6) is 0 Å². The van der Waals surface area contributed by atoms with E-state index in [1.54, 1.807) is 56.9 Å². The largest absolute Gasteiger partial charge is 0.444 e. The second-order valence-electron chi connectivity index (χ2n) is 12.5. The molecule has 17 heteroatoms. The molecular weight excluding hydrogens is 748 g/mol. The number of thiophene rings is 2. The predicted molar refractivity (Wildman–Crippen MR) is 214 cm³/mol. The van der Waals surface area contributed by atoms with Crippen LogP contribution in [0, 0.1) is 5.53 Å². The first kappa shape index (κ1) is 41.1. The van der Waals surface area contributed by atoms with Gasteiger partial charge in [0.25, 0.3) is 0 Å². The molecule has 0 aliphatic carbocycles. The van der Waals surface area contributed by atoms with E-state index in [9.17, 15) is 14.4 Å². The Balaban J connectivity index is 0.000000220. The number of alkyl carbamates (subject to hydrolysis) is 1. The monoisotopic (exact) mass is 786 g/mol. The number of aromatic nitrogens is 2. The summed E-state index contributed by atoms with van der Waals surface area (Å²) in [5.41, 5.74) is 14.3. The average molecular weight is 787 g/mol. The normalized spacial score (nSPS) is 12.0. The summed E-state index contributed by atoms with van der Waals surface area (Å²) < 4.78 is 7.86. The van der Waals surface area contributed by atoms with Crippen molar-refractivity contribution in [2.75, 3.05) is 23.7 Å². The summed E-state index contributed by atoms with van der Waals surface area (Å²) in [6.45, 7) is 5.83. The van der Waals surface area contributed by atoms with Gasteiger partial charge in [0.05, 0.1) is 23.6 Å². The van der Waals surface area contributed by atoms with Crippen LogP contribution >= 0.6 is 34.5 Å². The van der Waals surface area contributed by atoms with E-state index in [-0.39, 0.29) is 24.3 Å². The molecule has 0 bridgehead atoms. The van der Waals surface area contributed by atoms with Crippen molar-refractivity contribution in [1.29, 1.82) is 5.53 Å². The van der Waals surface area contributed by atoms with E-state index in [1.165, 1.54) is 11.3 Å². The molecule has 0 saturated carbocycles. The number of benzene rings is 2. The number of carbonyl (C=O) groups is 3. The summed E-state index contributed by atoms with van der Waals surface area (Å²) in [7, 11) is 0. The molecule has 54 heavy (non-hydrogen) atoms. The van der Waals surface area contributed by atoms with E-state index >= 15 is 0 Å². The van der Waals surface area contributed by atoms with Gasteiger partial charge in [-0.1, -0.05) is 16.8 Å². The smallest absolute Gasteiger partial charge is 0.407 e. The second-order valence-corrected chi connectivity index (χ2v) is 14.2. The summed E-state index contributed by atoms with van der Waals surface area (Å²) in [6, 6.07) is 19.1. The number of halogens is 1. The summed E-state index contributed by atoms with van der Waals surface area (Å²) in [5, 5.41) is 25.5. The van der Waals surface area contributed by atoms with Gasteiger partial charge in [-0.05, 0) is 123 Å². The van der Waals surface area contributed by atoms with E-state index in [1.807, 2.05) is 82.2 Å². The van der Waals surface area contributed by atoms with Crippen LogP contribution in [0.25, 0.3) is 21.5 Å². The van der Waals surface area contributed by atoms with Gasteiger partial charge in [0.2, 0.25) is 11.8 Å². The Morgan fingerprint density at radius 3 is 1.76 bits per heavy atom. The van der Waals surface area contributed by atoms with E-state index in [2.05, 4.69) is 52.8 Å². The number of fused-ring (bicyclic) bond motifs is 2. The minimum atomic E-state index is -0.593. The minimum Gasteiger partial charge on any atom is -0.444 e. The molecule has 4 aromatic heterocycles. The fourth-order valence-electron chi connectivity index (χ4n) is 5.00. The SMILES string of the molecule is CC(C)(C)OC(=O)NCC(C(=O)Nc1ccc2cnccc2c1)c1ccsc1.N=NN=NCl.NCC(C(=O)Nc1ccc2cnccc2c1)c1ccsc1. The maximum atomic E-state index is 12.9. The molecule has 2 aromatic carbocycles. The number of carbonyl (C=O) groups excluding carboxylic acids is 3. The van der Waals surface area contributed by atoms with Crippen LogP contribution in [0.15, 0.2) is 122 Å². The highest BCUT2D eigenvalue weighted by molar-refractivity contribution is 7.08. The van der Waals surface area contributed by atoms with E-state index < -0.39 is 17.6 Å². The van der Waals surface area contributed by atoms with Crippen molar-refractivity contribution in [3.05, 3.63) is 118 Å². The molecule has 0 aliphatic rings. The third-order valence-corrected chi connectivity index (χ3v) is 8.97. The fourth-order valence-corrected chi connectivity index (χ4v) is 6.46. The first-order valence-electron chi connectivity index (χ1n) is 16.4. The average Bonchev–Trinajstić information content (AvgIpc) is 3.88. The predicted octanol–water partition coefficient (Wildman–Crippen LogP) is 9.06. The Hall–Kier alpha value is -5.68. The number of ether oxygens (including phenoxy) is 1. The zero-order valence-corrected chi connectivity index (χ0v) is 32.0. The number of hydrogen-bond donors (Lipinski definition) is 5. The molecule has 0 radical (unpaired) electrons. The number of anilines is 2. The lowest BCUT2D eigenvalue weighted by molar-refractivity contribution is -0.118. The minimum absolute atomic E-state index is 0.0793. The lowest BCUT2D eigenvalue weighted by Crippen LogP contribution is -2.37. The van der Waals surface area contributed by atoms with E-state index in [4.69, 9.17) is 16.0 Å². The Bertz CT molecular complexity index is 2160. The molecule has 0 aliphatic heterocycles. The first-order chi connectivity index (χ1) is 26.0. The van der Waals surface area contributed by atoms with Gasteiger partial charge in [-0.3, -0.25) is 19.6 Å². The summed E-state index contributed by atoms with van der Waals surface area (Å²) in [4.78, 5) is 45.5. The molecule has 4 heterocycles. The molecule has 0 saturated heterocycles. The van der Waals surface area contributed by atoms with Crippen LogP contribution in [0.2, 0.25) is 0 Å². The molecule has 6 rings (SSSR count). The van der Waals surface area contributed by atoms with Gasteiger partial charge in [0.15, 0.2) is 0 Å². The summed E-state index contributed by atoms with van der Waals surface area (Å²) in [6.07, 6.45) is 6.49. The molecule has 2 unspecified atom stereocenters. The third-order valence-electron chi connectivity index (χ3n) is 7.50.